The second kappa shape index (κ2) is 3.15. The molecule has 0 aromatic heterocycles. The number of nitrogens with zero attached hydrogens (tertiary/aromatic N) is 1. The second-order valence-corrected chi connectivity index (χ2v) is 2.98. The summed E-state index contributed by atoms with van der Waals surface area (Å²) < 4.78 is 5.29. The highest BCUT2D eigenvalue weighted by atomic mass is 35.5. The predicted molar refractivity (Wildman–Crippen MR) is 48.8 cm³/mol. The Morgan fingerprint density at radius 1 is 1.25 bits per heavy atom. The molecule has 0 spiro atoms. The van der Waals surface area contributed by atoms with Crippen molar-refractivity contribution in [3.8, 4) is 0 Å². The van der Waals surface area contributed by atoms with Crippen LogP contribution in [0.2, 0.25) is 5.02 Å². The molecule has 1 aromatic carbocycles. The molecule has 0 amide bonds. The number of ether oxygens (including phenoxy) is 1. The standard InChI is InChI=1S/C9H8ClNO/c10-8-3-1-7(2-4-8)9-11-5-6-12-9/h1-4H,5-6H2. The van der Waals surface area contributed by atoms with E-state index >= 15 is 0 Å². The van der Waals surface area contributed by atoms with Gasteiger partial charge in [0.25, 0.3) is 0 Å². The molecule has 1 aliphatic rings. The normalized spacial score (nSPS) is 15.6. The van der Waals surface area contributed by atoms with Gasteiger partial charge in [-0.25, -0.2) is 4.99 Å². The van der Waals surface area contributed by atoms with Gasteiger partial charge in [-0.3, -0.25) is 0 Å². The van der Waals surface area contributed by atoms with E-state index in [1.54, 1.807) is 0 Å². The number of halogens is 1. The Hall–Kier alpha value is -1.02. The molecule has 0 fully saturated rings. The van der Waals surface area contributed by atoms with Crippen LogP contribution in [0.4, 0.5) is 0 Å². The molecule has 2 nitrogen and oxygen atoms in total. The van der Waals surface area contributed by atoms with Crippen LogP contribution in [-0.2, 0) is 4.74 Å². The lowest BCUT2D eigenvalue weighted by Gasteiger charge is -2.00. The van der Waals surface area contributed by atoms with Gasteiger partial charge in [0.15, 0.2) is 0 Å². The summed E-state index contributed by atoms with van der Waals surface area (Å²) in [7, 11) is 0. The van der Waals surface area contributed by atoms with Crippen molar-refractivity contribution in [2.24, 2.45) is 4.99 Å². The minimum Gasteiger partial charge on any atom is -0.476 e. The van der Waals surface area contributed by atoms with Crippen molar-refractivity contribution in [1.29, 1.82) is 0 Å². The average molecular weight is 182 g/mol. The highest BCUT2D eigenvalue weighted by molar-refractivity contribution is 6.30. The number of rotatable bonds is 1. The summed E-state index contributed by atoms with van der Waals surface area (Å²) in [5, 5.41) is 0.734. The molecule has 0 saturated heterocycles. The van der Waals surface area contributed by atoms with Gasteiger partial charge in [-0.05, 0) is 24.3 Å². The van der Waals surface area contributed by atoms with Gasteiger partial charge < -0.3 is 4.74 Å². The lowest BCUT2D eigenvalue weighted by molar-refractivity contribution is 0.348. The summed E-state index contributed by atoms with van der Waals surface area (Å²) >= 11 is 5.74. The Morgan fingerprint density at radius 2 is 2.00 bits per heavy atom. The SMILES string of the molecule is Clc1ccc(C2=NCCO2)cc1. The summed E-state index contributed by atoms with van der Waals surface area (Å²) in [5.41, 5.74) is 0.997. The molecule has 2 rings (SSSR count). The zero-order chi connectivity index (χ0) is 8.39. The molecule has 1 aromatic rings. The van der Waals surface area contributed by atoms with E-state index in [2.05, 4.69) is 4.99 Å². The molecule has 1 heterocycles. The first-order valence-corrected chi connectivity index (χ1v) is 4.17. The maximum Gasteiger partial charge on any atom is 0.216 e. The molecule has 0 atom stereocenters. The fourth-order valence-corrected chi connectivity index (χ4v) is 1.23. The van der Waals surface area contributed by atoms with Gasteiger partial charge in [0.1, 0.15) is 6.61 Å². The van der Waals surface area contributed by atoms with Crippen molar-refractivity contribution in [1.82, 2.24) is 0 Å². The van der Waals surface area contributed by atoms with E-state index in [1.165, 1.54) is 0 Å². The molecule has 0 unspecified atom stereocenters. The Morgan fingerprint density at radius 3 is 2.58 bits per heavy atom. The number of aliphatic imine (C=N–C) groups is 1. The van der Waals surface area contributed by atoms with Gasteiger partial charge in [-0.2, -0.15) is 0 Å². The Bertz CT molecular complexity index is 305. The van der Waals surface area contributed by atoms with Crippen LogP contribution in [0.1, 0.15) is 5.56 Å². The minimum atomic E-state index is 0.692. The van der Waals surface area contributed by atoms with Crippen LogP contribution in [0.3, 0.4) is 0 Å². The second-order valence-electron chi connectivity index (χ2n) is 2.54. The smallest absolute Gasteiger partial charge is 0.216 e. The van der Waals surface area contributed by atoms with Gasteiger partial charge in [-0.1, -0.05) is 11.6 Å². The molecule has 0 bridgehead atoms. The van der Waals surface area contributed by atoms with E-state index in [4.69, 9.17) is 16.3 Å². The third-order valence-corrected chi connectivity index (χ3v) is 1.93. The molecule has 0 N–H and O–H groups in total. The van der Waals surface area contributed by atoms with Crippen LogP contribution in [0.15, 0.2) is 29.3 Å². The Kier molecular flexibility index (Phi) is 2.00. The van der Waals surface area contributed by atoms with Crippen LogP contribution in [0.25, 0.3) is 0 Å². The molecule has 62 valence electrons. The summed E-state index contributed by atoms with van der Waals surface area (Å²) in [5.74, 6) is 0.728. The van der Waals surface area contributed by atoms with Gasteiger partial charge in [0.2, 0.25) is 5.90 Å². The zero-order valence-corrected chi connectivity index (χ0v) is 7.21. The predicted octanol–water partition coefficient (Wildman–Crippen LogP) is 2.12. The summed E-state index contributed by atoms with van der Waals surface area (Å²) in [4.78, 5) is 4.19. The summed E-state index contributed by atoms with van der Waals surface area (Å²) in [6.07, 6.45) is 0. The van der Waals surface area contributed by atoms with Crippen LogP contribution in [0, 0.1) is 0 Å². The first-order valence-electron chi connectivity index (χ1n) is 3.79. The van der Waals surface area contributed by atoms with Crippen molar-refractivity contribution < 1.29 is 4.74 Å². The first-order chi connectivity index (χ1) is 5.86. The largest absolute Gasteiger partial charge is 0.476 e. The van der Waals surface area contributed by atoms with Crippen LogP contribution in [-0.4, -0.2) is 19.0 Å². The van der Waals surface area contributed by atoms with Gasteiger partial charge in [0.05, 0.1) is 6.54 Å². The van der Waals surface area contributed by atoms with Gasteiger partial charge >= 0.3 is 0 Å². The minimum absolute atomic E-state index is 0.692. The van der Waals surface area contributed by atoms with Crippen LogP contribution in [0.5, 0.6) is 0 Å². The maximum atomic E-state index is 5.74. The maximum absolute atomic E-state index is 5.74. The monoisotopic (exact) mass is 181 g/mol. The first kappa shape index (κ1) is 7.62. The van der Waals surface area contributed by atoms with Crippen molar-refractivity contribution in [2.75, 3.05) is 13.2 Å². The number of benzene rings is 1. The topological polar surface area (TPSA) is 21.6 Å². The fraction of sp³-hybridized carbons (Fsp3) is 0.222. The molecule has 3 heteroatoms. The van der Waals surface area contributed by atoms with Gasteiger partial charge in [-0.15, -0.1) is 0 Å². The van der Waals surface area contributed by atoms with E-state index in [-0.39, 0.29) is 0 Å². The molecule has 0 saturated carbocycles. The average Bonchev–Trinajstić information content (AvgIpc) is 2.58. The van der Waals surface area contributed by atoms with Gasteiger partial charge in [0, 0.05) is 10.6 Å². The highest BCUT2D eigenvalue weighted by Crippen LogP contribution is 2.12. The van der Waals surface area contributed by atoms with E-state index in [0.29, 0.717) is 6.61 Å². The van der Waals surface area contributed by atoms with E-state index in [9.17, 15) is 0 Å². The zero-order valence-electron chi connectivity index (χ0n) is 6.46. The lowest BCUT2D eigenvalue weighted by atomic mass is 10.2. The molecular formula is C9H8ClNO. The molecular weight excluding hydrogens is 174 g/mol. The lowest BCUT2D eigenvalue weighted by Crippen LogP contribution is -1.99. The van der Waals surface area contributed by atoms with Crippen molar-refractivity contribution in [3.05, 3.63) is 34.9 Å². The van der Waals surface area contributed by atoms with Crippen molar-refractivity contribution in [3.63, 3.8) is 0 Å². The molecule has 1 aliphatic heterocycles. The van der Waals surface area contributed by atoms with Crippen molar-refractivity contribution in [2.45, 2.75) is 0 Å². The quantitative estimate of drug-likeness (QED) is 0.651. The van der Waals surface area contributed by atoms with Crippen LogP contribution >= 0.6 is 11.6 Å². The number of hydrogen-bond donors (Lipinski definition) is 0. The third-order valence-electron chi connectivity index (χ3n) is 1.68. The highest BCUT2D eigenvalue weighted by Gasteiger charge is 2.08. The Balaban J connectivity index is 2.28. The third kappa shape index (κ3) is 1.43. The number of hydrogen-bond acceptors (Lipinski definition) is 2. The summed E-state index contributed by atoms with van der Waals surface area (Å²) in [6, 6.07) is 7.49. The molecule has 12 heavy (non-hydrogen) atoms. The molecule has 0 aliphatic carbocycles. The Labute approximate surface area is 75.8 Å². The fourth-order valence-electron chi connectivity index (χ4n) is 1.10. The van der Waals surface area contributed by atoms with E-state index in [0.717, 1.165) is 23.0 Å². The van der Waals surface area contributed by atoms with E-state index in [1.807, 2.05) is 24.3 Å². The van der Waals surface area contributed by atoms with Crippen molar-refractivity contribution >= 4 is 17.5 Å². The summed E-state index contributed by atoms with van der Waals surface area (Å²) in [6.45, 7) is 1.45. The van der Waals surface area contributed by atoms with Crippen LogP contribution < -0.4 is 0 Å². The molecule has 0 radical (unpaired) electrons. The van der Waals surface area contributed by atoms with E-state index < -0.39 is 0 Å².